The van der Waals surface area contributed by atoms with Gasteiger partial charge in [-0.3, -0.25) is 4.90 Å². The number of ether oxygens (including phenoxy) is 1. The summed E-state index contributed by atoms with van der Waals surface area (Å²) in [4.78, 5) is 16.9. The minimum Gasteiger partial charge on any atom is -0.492 e. The summed E-state index contributed by atoms with van der Waals surface area (Å²) >= 11 is 0. The van der Waals surface area contributed by atoms with Crippen LogP contribution in [0.25, 0.3) is 10.9 Å². The Balaban J connectivity index is 1.68. The van der Waals surface area contributed by atoms with E-state index in [9.17, 15) is 9.90 Å². The number of aromatic carboxylic acids is 1. The number of likely N-dealkylation sites (tertiary alicyclic amines) is 1. The van der Waals surface area contributed by atoms with E-state index in [1.165, 1.54) is 19.3 Å². The third-order valence-corrected chi connectivity index (χ3v) is 4.30. The van der Waals surface area contributed by atoms with Gasteiger partial charge in [0.1, 0.15) is 12.4 Å². The maximum atomic E-state index is 11.4. The molecule has 0 spiro atoms. The van der Waals surface area contributed by atoms with Crippen LogP contribution < -0.4 is 4.74 Å². The zero-order chi connectivity index (χ0) is 15.5. The maximum Gasteiger partial charge on any atom is 0.338 e. The van der Waals surface area contributed by atoms with E-state index in [2.05, 4.69) is 9.88 Å². The highest BCUT2D eigenvalue weighted by atomic mass is 16.5. The highest BCUT2D eigenvalue weighted by Crippen LogP contribution is 2.26. The third-order valence-electron chi connectivity index (χ3n) is 4.30. The van der Waals surface area contributed by atoms with Crippen LogP contribution in [-0.4, -0.2) is 47.2 Å². The number of carbonyl (C=O) groups is 1. The van der Waals surface area contributed by atoms with Crippen molar-refractivity contribution in [3.8, 4) is 5.75 Å². The molecule has 1 aromatic carbocycles. The second-order valence-corrected chi connectivity index (χ2v) is 5.89. The van der Waals surface area contributed by atoms with Crippen molar-refractivity contribution in [1.29, 1.82) is 0 Å². The van der Waals surface area contributed by atoms with Crippen LogP contribution >= 0.6 is 0 Å². The molecular formula is C17H22N2O3. The van der Waals surface area contributed by atoms with Gasteiger partial charge in [-0.2, -0.15) is 0 Å². The molecule has 1 fully saturated rings. The first kappa shape index (κ1) is 14.9. The number of carboxylic acids is 1. The molecular weight excluding hydrogens is 280 g/mol. The molecule has 1 aliphatic rings. The molecule has 2 heterocycles. The summed E-state index contributed by atoms with van der Waals surface area (Å²) in [5, 5.41) is 10.0. The molecule has 0 saturated carbocycles. The number of hydrogen-bond donors (Lipinski definition) is 2. The van der Waals surface area contributed by atoms with Crippen LogP contribution in [0.2, 0.25) is 0 Å². The number of nitrogens with one attached hydrogen (secondary N) is 1. The number of aromatic amines is 1. The molecule has 5 nitrogen and oxygen atoms in total. The van der Waals surface area contributed by atoms with Gasteiger partial charge in [-0.1, -0.05) is 6.42 Å². The van der Waals surface area contributed by atoms with Gasteiger partial charge in [0.15, 0.2) is 0 Å². The Labute approximate surface area is 129 Å². The Kier molecular flexibility index (Phi) is 4.34. The van der Waals surface area contributed by atoms with Gasteiger partial charge in [0, 0.05) is 23.1 Å². The monoisotopic (exact) mass is 302 g/mol. The van der Waals surface area contributed by atoms with Gasteiger partial charge in [0.25, 0.3) is 0 Å². The smallest absolute Gasteiger partial charge is 0.338 e. The molecule has 2 aromatic rings. The number of hydrogen-bond acceptors (Lipinski definition) is 3. The fourth-order valence-electron chi connectivity index (χ4n) is 3.15. The van der Waals surface area contributed by atoms with Crippen LogP contribution in [0.5, 0.6) is 5.75 Å². The molecule has 5 heteroatoms. The number of aromatic nitrogens is 1. The molecule has 118 valence electrons. The summed E-state index contributed by atoms with van der Waals surface area (Å²) in [6.45, 7) is 5.65. The number of carboxylic acid groups (broad SMARTS) is 1. The van der Waals surface area contributed by atoms with E-state index in [4.69, 9.17) is 4.74 Å². The topological polar surface area (TPSA) is 65.6 Å². The standard InChI is InChI=1S/C17H22N2O3/c1-12-16(17(20)21)14-11-13(5-6-15(14)18-12)22-10-9-19-7-3-2-4-8-19/h5-6,11,18H,2-4,7-10H2,1H3,(H,20,21). The highest BCUT2D eigenvalue weighted by Gasteiger charge is 2.15. The molecule has 0 amide bonds. The van der Waals surface area contributed by atoms with Gasteiger partial charge >= 0.3 is 5.97 Å². The second-order valence-electron chi connectivity index (χ2n) is 5.89. The molecule has 0 radical (unpaired) electrons. The fourth-order valence-corrected chi connectivity index (χ4v) is 3.15. The average molecular weight is 302 g/mol. The van der Waals surface area contributed by atoms with Gasteiger partial charge in [-0.25, -0.2) is 4.79 Å². The van der Waals surface area contributed by atoms with Crippen LogP contribution in [0.3, 0.4) is 0 Å². The lowest BCUT2D eigenvalue weighted by Crippen LogP contribution is -2.33. The first-order chi connectivity index (χ1) is 10.6. The van der Waals surface area contributed by atoms with E-state index in [1.54, 1.807) is 6.92 Å². The van der Waals surface area contributed by atoms with Gasteiger partial charge in [-0.15, -0.1) is 0 Å². The van der Waals surface area contributed by atoms with Gasteiger partial charge in [0.2, 0.25) is 0 Å². The first-order valence-corrected chi connectivity index (χ1v) is 7.86. The van der Waals surface area contributed by atoms with Gasteiger partial charge in [-0.05, 0) is 51.1 Å². The zero-order valence-corrected chi connectivity index (χ0v) is 12.9. The van der Waals surface area contributed by atoms with E-state index in [0.717, 1.165) is 30.9 Å². The van der Waals surface area contributed by atoms with E-state index >= 15 is 0 Å². The molecule has 0 atom stereocenters. The second kappa shape index (κ2) is 6.40. The summed E-state index contributed by atoms with van der Waals surface area (Å²) in [7, 11) is 0. The summed E-state index contributed by atoms with van der Waals surface area (Å²) < 4.78 is 5.81. The predicted octanol–water partition coefficient (Wildman–Crippen LogP) is 3.04. The van der Waals surface area contributed by atoms with E-state index < -0.39 is 5.97 Å². The Morgan fingerprint density at radius 2 is 2.09 bits per heavy atom. The number of aryl methyl sites for hydroxylation is 1. The normalized spacial score (nSPS) is 16.0. The minimum atomic E-state index is -0.908. The highest BCUT2D eigenvalue weighted by molar-refractivity contribution is 6.05. The Hall–Kier alpha value is -2.01. The van der Waals surface area contributed by atoms with Crippen LogP contribution in [0.1, 0.15) is 35.3 Å². The number of H-pyrrole nitrogens is 1. The van der Waals surface area contributed by atoms with Gasteiger partial charge in [0.05, 0.1) is 5.56 Å². The molecule has 1 saturated heterocycles. The van der Waals surface area contributed by atoms with Crippen LogP contribution in [-0.2, 0) is 0 Å². The molecule has 0 unspecified atom stereocenters. The number of rotatable bonds is 5. The van der Waals surface area contributed by atoms with Crippen molar-refractivity contribution in [2.45, 2.75) is 26.2 Å². The Bertz CT molecular complexity index is 672. The molecule has 1 aromatic heterocycles. The number of fused-ring (bicyclic) bond motifs is 1. The molecule has 22 heavy (non-hydrogen) atoms. The van der Waals surface area contributed by atoms with Crippen molar-refractivity contribution >= 4 is 16.9 Å². The van der Waals surface area contributed by atoms with Crippen LogP contribution in [0.15, 0.2) is 18.2 Å². The van der Waals surface area contributed by atoms with Gasteiger partial charge < -0.3 is 14.8 Å². The van der Waals surface area contributed by atoms with E-state index in [0.29, 0.717) is 23.3 Å². The SMILES string of the molecule is Cc1[nH]c2ccc(OCCN3CCCCC3)cc2c1C(=O)O. The number of benzene rings is 1. The van der Waals surface area contributed by atoms with Crippen molar-refractivity contribution in [3.63, 3.8) is 0 Å². The predicted molar refractivity (Wildman–Crippen MR) is 85.8 cm³/mol. The zero-order valence-electron chi connectivity index (χ0n) is 12.9. The van der Waals surface area contributed by atoms with E-state index in [-0.39, 0.29) is 0 Å². The Morgan fingerprint density at radius 3 is 2.82 bits per heavy atom. The molecule has 3 rings (SSSR count). The minimum absolute atomic E-state index is 0.330. The van der Waals surface area contributed by atoms with Crippen molar-refractivity contribution < 1.29 is 14.6 Å². The largest absolute Gasteiger partial charge is 0.492 e. The lowest BCUT2D eigenvalue weighted by molar-refractivity contribution is 0.0698. The summed E-state index contributed by atoms with van der Waals surface area (Å²) in [5.41, 5.74) is 1.84. The molecule has 0 aliphatic carbocycles. The maximum absolute atomic E-state index is 11.4. The van der Waals surface area contributed by atoms with Crippen LogP contribution in [0.4, 0.5) is 0 Å². The summed E-state index contributed by atoms with van der Waals surface area (Å²) in [6.07, 6.45) is 3.88. The molecule has 0 bridgehead atoms. The lowest BCUT2D eigenvalue weighted by atomic mass is 10.1. The summed E-state index contributed by atoms with van der Waals surface area (Å²) in [6, 6.07) is 5.59. The average Bonchev–Trinajstić information content (AvgIpc) is 2.83. The summed E-state index contributed by atoms with van der Waals surface area (Å²) in [5.74, 6) is -0.180. The number of nitrogens with zero attached hydrogens (tertiary/aromatic N) is 1. The van der Waals surface area contributed by atoms with Crippen LogP contribution in [0, 0.1) is 6.92 Å². The fraction of sp³-hybridized carbons (Fsp3) is 0.471. The van der Waals surface area contributed by atoms with E-state index in [1.807, 2.05) is 18.2 Å². The molecule has 2 N–H and O–H groups in total. The quantitative estimate of drug-likeness (QED) is 0.891. The Morgan fingerprint density at radius 1 is 1.32 bits per heavy atom. The van der Waals surface area contributed by atoms with Crippen molar-refractivity contribution in [2.75, 3.05) is 26.2 Å². The van der Waals surface area contributed by atoms with Crippen molar-refractivity contribution in [3.05, 3.63) is 29.5 Å². The first-order valence-electron chi connectivity index (χ1n) is 7.86. The molecule has 1 aliphatic heterocycles. The third kappa shape index (κ3) is 3.09. The number of piperidine rings is 1. The van der Waals surface area contributed by atoms with Crippen molar-refractivity contribution in [2.24, 2.45) is 0 Å². The lowest BCUT2D eigenvalue weighted by Gasteiger charge is -2.26. The van der Waals surface area contributed by atoms with Crippen molar-refractivity contribution in [1.82, 2.24) is 9.88 Å².